The number of nitrogens with zero attached hydrogens (tertiary/aromatic N) is 2. The number of aryl methyl sites for hydroxylation is 1. The number of ether oxygens (including phenoxy) is 1. The van der Waals surface area contributed by atoms with Crippen LogP contribution in [0.1, 0.15) is 35.7 Å². The zero-order chi connectivity index (χ0) is 23.5. The van der Waals surface area contributed by atoms with Crippen LogP contribution in [0.5, 0.6) is 5.75 Å². The summed E-state index contributed by atoms with van der Waals surface area (Å²) in [7, 11) is 0. The maximum absolute atomic E-state index is 13.4. The van der Waals surface area contributed by atoms with E-state index in [0.717, 1.165) is 16.9 Å². The predicted octanol–water partition coefficient (Wildman–Crippen LogP) is 4.67. The van der Waals surface area contributed by atoms with Gasteiger partial charge in [-0.05, 0) is 29.8 Å². The summed E-state index contributed by atoms with van der Waals surface area (Å²) in [6.45, 7) is 0.970. The smallest absolute Gasteiger partial charge is 0.273 e. The molecule has 0 bridgehead atoms. The SMILES string of the molecule is O=C(CCc1nc2cc(Cl)ccc2n(Cc2ccccc2)c1=O)NC1CCOc2ccccc21. The Hall–Kier alpha value is -3.64. The highest BCUT2D eigenvalue weighted by Gasteiger charge is 2.23. The third-order valence-corrected chi connectivity index (χ3v) is 6.28. The Morgan fingerprint density at radius 1 is 1.09 bits per heavy atom. The highest BCUT2D eigenvalue weighted by molar-refractivity contribution is 6.31. The summed E-state index contributed by atoms with van der Waals surface area (Å²) >= 11 is 6.20. The molecule has 0 fully saturated rings. The molecule has 1 aliphatic rings. The first-order chi connectivity index (χ1) is 16.6. The van der Waals surface area contributed by atoms with E-state index in [9.17, 15) is 9.59 Å². The van der Waals surface area contributed by atoms with Gasteiger partial charge in [0.25, 0.3) is 5.56 Å². The average molecular weight is 474 g/mol. The molecule has 4 aromatic rings. The van der Waals surface area contributed by atoms with Crippen molar-refractivity contribution in [1.29, 1.82) is 0 Å². The lowest BCUT2D eigenvalue weighted by Crippen LogP contribution is -2.33. The topological polar surface area (TPSA) is 73.2 Å². The van der Waals surface area contributed by atoms with Crippen LogP contribution in [0.25, 0.3) is 11.0 Å². The van der Waals surface area contributed by atoms with Crippen LogP contribution >= 0.6 is 11.6 Å². The van der Waals surface area contributed by atoms with Gasteiger partial charge in [-0.3, -0.25) is 9.59 Å². The van der Waals surface area contributed by atoms with Crippen LogP contribution in [0.3, 0.4) is 0 Å². The number of carbonyl (C=O) groups excluding carboxylic acids is 1. The molecule has 1 aliphatic heterocycles. The molecule has 2 heterocycles. The molecule has 5 rings (SSSR count). The van der Waals surface area contributed by atoms with Crippen molar-refractivity contribution in [1.82, 2.24) is 14.9 Å². The van der Waals surface area contributed by atoms with Crippen molar-refractivity contribution in [2.75, 3.05) is 6.61 Å². The standard InChI is InChI=1S/C27H24ClN3O3/c28-19-10-12-24-23(16-19)29-22(27(33)31(24)17-18-6-2-1-3-7-18)11-13-26(32)30-21-14-15-34-25-9-5-4-8-20(21)25/h1-10,12,16,21H,11,13-15,17H2,(H,30,32). The van der Waals surface area contributed by atoms with Crippen molar-refractivity contribution >= 4 is 28.5 Å². The van der Waals surface area contributed by atoms with Gasteiger partial charge in [0.05, 0.1) is 30.2 Å². The maximum Gasteiger partial charge on any atom is 0.273 e. The van der Waals surface area contributed by atoms with E-state index in [1.54, 1.807) is 16.7 Å². The molecule has 3 aromatic carbocycles. The van der Waals surface area contributed by atoms with Crippen molar-refractivity contribution in [3.63, 3.8) is 0 Å². The van der Waals surface area contributed by atoms with Crippen molar-refractivity contribution in [3.05, 3.63) is 105 Å². The predicted molar refractivity (Wildman–Crippen MR) is 132 cm³/mol. The molecule has 0 aliphatic carbocycles. The van der Waals surface area contributed by atoms with Crippen LogP contribution in [0.2, 0.25) is 5.02 Å². The number of para-hydroxylation sites is 1. The van der Waals surface area contributed by atoms with Gasteiger partial charge in [-0.25, -0.2) is 4.98 Å². The highest BCUT2D eigenvalue weighted by atomic mass is 35.5. The minimum atomic E-state index is -0.192. The van der Waals surface area contributed by atoms with E-state index >= 15 is 0 Å². The van der Waals surface area contributed by atoms with Crippen molar-refractivity contribution in [2.24, 2.45) is 0 Å². The Morgan fingerprint density at radius 2 is 1.88 bits per heavy atom. The third-order valence-electron chi connectivity index (χ3n) is 6.04. The van der Waals surface area contributed by atoms with Crippen molar-refractivity contribution in [2.45, 2.75) is 31.8 Å². The zero-order valence-electron chi connectivity index (χ0n) is 18.5. The van der Waals surface area contributed by atoms with E-state index in [1.807, 2.05) is 60.7 Å². The number of hydrogen-bond acceptors (Lipinski definition) is 4. The minimum absolute atomic E-state index is 0.101. The lowest BCUT2D eigenvalue weighted by molar-refractivity contribution is -0.122. The highest BCUT2D eigenvalue weighted by Crippen LogP contribution is 2.31. The van der Waals surface area contributed by atoms with Gasteiger partial charge in [0.1, 0.15) is 11.4 Å². The zero-order valence-corrected chi connectivity index (χ0v) is 19.3. The number of amides is 1. The summed E-state index contributed by atoms with van der Waals surface area (Å²) in [6.07, 6.45) is 1.12. The number of hydrogen-bond donors (Lipinski definition) is 1. The first-order valence-electron chi connectivity index (χ1n) is 11.3. The molecule has 0 spiro atoms. The summed E-state index contributed by atoms with van der Waals surface area (Å²) in [5.74, 6) is 0.680. The van der Waals surface area contributed by atoms with Gasteiger partial charge in [0.2, 0.25) is 5.91 Å². The lowest BCUT2D eigenvalue weighted by Gasteiger charge is -2.26. The maximum atomic E-state index is 13.4. The van der Waals surface area contributed by atoms with E-state index in [0.29, 0.717) is 41.3 Å². The summed E-state index contributed by atoms with van der Waals surface area (Å²) in [6, 6.07) is 22.7. The molecular weight excluding hydrogens is 450 g/mol. The number of rotatable bonds is 6. The number of halogens is 1. The Balaban J connectivity index is 1.38. The molecule has 0 radical (unpaired) electrons. The Morgan fingerprint density at radius 3 is 2.74 bits per heavy atom. The summed E-state index contributed by atoms with van der Waals surface area (Å²) in [5.41, 5.74) is 3.50. The van der Waals surface area contributed by atoms with Gasteiger partial charge in [-0.1, -0.05) is 60.1 Å². The normalized spacial score (nSPS) is 14.9. The van der Waals surface area contributed by atoms with Crippen LogP contribution in [0.15, 0.2) is 77.6 Å². The van der Waals surface area contributed by atoms with Gasteiger partial charge in [0.15, 0.2) is 0 Å². The molecule has 7 heteroatoms. The van der Waals surface area contributed by atoms with E-state index in [-0.39, 0.29) is 30.3 Å². The molecule has 34 heavy (non-hydrogen) atoms. The quantitative estimate of drug-likeness (QED) is 0.441. The van der Waals surface area contributed by atoms with Crippen molar-refractivity contribution < 1.29 is 9.53 Å². The molecule has 1 atom stereocenters. The fourth-order valence-corrected chi connectivity index (χ4v) is 4.52. The molecular formula is C27H24ClN3O3. The molecule has 1 aromatic heterocycles. The third kappa shape index (κ3) is 4.68. The van der Waals surface area contributed by atoms with Crippen LogP contribution in [0.4, 0.5) is 0 Å². The first kappa shape index (κ1) is 22.2. The Labute approximate surface area is 202 Å². The van der Waals surface area contributed by atoms with Gasteiger partial charge in [0, 0.05) is 29.8 Å². The van der Waals surface area contributed by atoms with Gasteiger partial charge >= 0.3 is 0 Å². The fraction of sp³-hybridized carbons (Fsp3) is 0.222. The van der Waals surface area contributed by atoms with Gasteiger partial charge < -0.3 is 14.6 Å². The van der Waals surface area contributed by atoms with Crippen LogP contribution < -0.4 is 15.6 Å². The first-order valence-corrected chi connectivity index (χ1v) is 11.7. The largest absolute Gasteiger partial charge is 0.493 e. The molecule has 1 N–H and O–H groups in total. The average Bonchev–Trinajstić information content (AvgIpc) is 2.85. The van der Waals surface area contributed by atoms with E-state index in [4.69, 9.17) is 16.3 Å². The fourth-order valence-electron chi connectivity index (χ4n) is 4.35. The molecule has 1 unspecified atom stereocenters. The van der Waals surface area contributed by atoms with Crippen LogP contribution in [-0.4, -0.2) is 22.1 Å². The second kappa shape index (κ2) is 9.69. The van der Waals surface area contributed by atoms with E-state index in [1.165, 1.54) is 0 Å². The monoisotopic (exact) mass is 473 g/mol. The van der Waals surface area contributed by atoms with Gasteiger partial charge in [-0.2, -0.15) is 0 Å². The number of fused-ring (bicyclic) bond motifs is 2. The summed E-state index contributed by atoms with van der Waals surface area (Å²) < 4.78 is 7.38. The molecule has 172 valence electrons. The van der Waals surface area contributed by atoms with E-state index in [2.05, 4.69) is 10.3 Å². The Bertz CT molecular complexity index is 1400. The summed E-state index contributed by atoms with van der Waals surface area (Å²) in [4.78, 5) is 30.7. The van der Waals surface area contributed by atoms with Gasteiger partial charge in [-0.15, -0.1) is 0 Å². The lowest BCUT2D eigenvalue weighted by atomic mass is 10.0. The number of aromatic nitrogens is 2. The number of carbonyl (C=O) groups is 1. The second-order valence-electron chi connectivity index (χ2n) is 8.36. The number of benzene rings is 3. The number of nitrogens with one attached hydrogen (secondary N) is 1. The van der Waals surface area contributed by atoms with Crippen LogP contribution in [-0.2, 0) is 17.8 Å². The molecule has 6 nitrogen and oxygen atoms in total. The minimum Gasteiger partial charge on any atom is -0.493 e. The molecule has 0 saturated carbocycles. The van der Waals surface area contributed by atoms with Crippen molar-refractivity contribution in [3.8, 4) is 5.75 Å². The Kier molecular flexibility index (Phi) is 6.32. The van der Waals surface area contributed by atoms with Crippen LogP contribution in [0, 0.1) is 0 Å². The second-order valence-corrected chi connectivity index (χ2v) is 8.80. The molecule has 0 saturated heterocycles. The summed E-state index contributed by atoms with van der Waals surface area (Å²) in [5, 5.41) is 3.64. The van der Waals surface area contributed by atoms with E-state index < -0.39 is 0 Å². The molecule has 1 amide bonds.